The van der Waals surface area contributed by atoms with E-state index in [2.05, 4.69) is 30.7 Å². The molecule has 2 aliphatic rings. The summed E-state index contributed by atoms with van der Waals surface area (Å²) >= 11 is 0. The van der Waals surface area contributed by atoms with Crippen LogP contribution in [-0.4, -0.2) is 59.3 Å². The maximum Gasteiger partial charge on any atom is 0.0826 e. The lowest BCUT2D eigenvalue weighted by atomic mass is 9.82. The van der Waals surface area contributed by atoms with Gasteiger partial charge in [-0.2, -0.15) is 0 Å². The number of aliphatic hydroxyl groups is 1. The van der Waals surface area contributed by atoms with Gasteiger partial charge in [0.25, 0.3) is 0 Å². The van der Waals surface area contributed by atoms with E-state index in [1.807, 2.05) is 0 Å². The van der Waals surface area contributed by atoms with Crippen molar-refractivity contribution >= 4 is 0 Å². The number of likely N-dealkylation sites (tertiary alicyclic amines) is 2. The van der Waals surface area contributed by atoms with Crippen LogP contribution in [-0.2, 0) is 0 Å². The van der Waals surface area contributed by atoms with Gasteiger partial charge in [-0.3, -0.25) is 0 Å². The zero-order valence-electron chi connectivity index (χ0n) is 10.9. The van der Waals surface area contributed by atoms with Crippen LogP contribution in [0.1, 0.15) is 39.5 Å². The number of nitrogens with zero attached hydrogens (tertiary/aromatic N) is 2. The lowest BCUT2D eigenvalue weighted by molar-refractivity contribution is -0.0747. The summed E-state index contributed by atoms with van der Waals surface area (Å²) in [6, 6.07) is 1.02. The van der Waals surface area contributed by atoms with E-state index in [1.54, 1.807) is 0 Å². The SMILES string of the molecule is CC(C)N1CCC(O)([C@@H]2CCCN2C)CC1. The summed E-state index contributed by atoms with van der Waals surface area (Å²) in [5, 5.41) is 10.8. The van der Waals surface area contributed by atoms with Gasteiger partial charge in [0.15, 0.2) is 0 Å². The molecular formula is C13H26N2O. The number of likely N-dealkylation sites (N-methyl/N-ethyl adjacent to an activating group) is 1. The number of piperidine rings is 1. The quantitative estimate of drug-likeness (QED) is 0.769. The maximum atomic E-state index is 10.8. The van der Waals surface area contributed by atoms with Crippen LogP contribution in [0.15, 0.2) is 0 Å². The van der Waals surface area contributed by atoms with Gasteiger partial charge in [-0.15, -0.1) is 0 Å². The highest BCUT2D eigenvalue weighted by Gasteiger charge is 2.43. The zero-order valence-corrected chi connectivity index (χ0v) is 10.9. The second-order valence-electron chi connectivity index (χ2n) is 5.87. The minimum atomic E-state index is -0.420. The molecule has 2 rings (SSSR count). The Labute approximate surface area is 99.4 Å². The highest BCUT2D eigenvalue weighted by Crippen LogP contribution is 2.34. The van der Waals surface area contributed by atoms with Gasteiger partial charge in [-0.1, -0.05) is 0 Å². The Morgan fingerprint density at radius 2 is 1.81 bits per heavy atom. The van der Waals surface area contributed by atoms with Gasteiger partial charge in [0.1, 0.15) is 0 Å². The highest BCUT2D eigenvalue weighted by molar-refractivity contribution is 4.98. The monoisotopic (exact) mass is 226 g/mol. The second kappa shape index (κ2) is 4.63. The lowest BCUT2D eigenvalue weighted by Gasteiger charge is -2.45. The predicted octanol–water partition coefficient (Wildman–Crippen LogP) is 1.32. The van der Waals surface area contributed by atoms with Crippen LogP contribution in [0.4, 0.5) is 0 Å². The zero-order chi connectivity index (χ0) is 11.8. The van der Waals surface area contributed by atoms with E-state index in [1.165, 1.54) is 12.8 Å². The molecule has 0 unspecified atom stereocenters. The van der Waals surface area contributed by atoms with Gasteiger partial charge in [-0.05, 0) is 53.1 Å². The summed E-state index contributed by atoms with van der Waals surface area (Å²) in [4.78, 5) is 4.83. The third-order valence-electron chi connectivity index (χ3n) is 4.53. The number of hydrogen-bond donors (Lipinski definition) is 1. The molecule has 2 aliphatic heterocycles. The summed E-state index contributed by atoms with van der Waals surface area (Å²) in [7, 11) is 2.16. The molecule has 0 aliphatic carbocycles. The molecule has 0 radical (unpaired) electrons. The van der Waals surface area contributed by atoms with Crippen LogP contribution in [0.3, 0.4) is 0 Å². The van der Waals surface area contributed by atoms with E-state index in [0.717, 1.165) is 32.5 Å². The van der Waals surface area contributed by atoms with E-state index < -0.39 is 5.60 Å². The fraction of sp³-hybridized carbons (Fsp3) is 1.00. The average Bonchev–Trinajstić information content (AvgIpc) is 2.66. The van der Waals surface area contributed by atoms with Crippen molar-refractivity contribution in [2.24, 2.45) is 0 Å². The molecule has 0 amide bonds. The third kappa shape index (κ3) is 2.27. The Morgan fingerprint density at radius 1 is 1.19 bits per heavy atom. The van der Waals surface area contributed by atoms with Crippen molar-refractivity contribution in [2.75, 3.05) is 26.7 Å². The Balaban J connectivity index is 1.95. The molecule has 0 aromatic heterocycles. The maximum absolute atomic E-state index is 10.8. The second-order valence-corrected chi connectivity index (χ2v) is 5.87. The minimum Gasteiger partial charge on any atom is -0.388 e. The van der Waals surface area contributed by atoms with Gasteiger partial charge < -0.3 is 14.9 Å². The summed E-state index contributed by atoms with van der Waals surface area (Å²) in [5.74, 6) is 0. The Kier molecular flexibility index (Phi) is 3.57. The molecular weight excluding hydrogens is 200 g/mol. The van der Waals surface area contributed by atoms with Crippen molar-refractivity contribution in [1.82, 2.24) is 9.80 Å². The standard InChI is InChI=1S/C13H26N2O/c1-11(2)15-9-6-13(16,7-10-15)12-5-4-8-14(12)3/h11-12,16H,4-10H2,1-3H3/t12-/m0/s1. The van der Waals surface area contributed by atoms with Gasteiger partial charge in [-0.25, -0.2) is 0 Å². The Bertz CT molecular complexity index is 234. The molecule has 2 fully saturated rings. The van der Waals surface area contributed by atoms with Gasteiger partial charge in [0, 0.05) is 25.2 Å². The Morgan fingerprint density at radius 3 is 2.25 bits per heavy atom. The molecule has 0 aromatic rings. The van der Waals surface area contributed by atoms with Crippen molar-refractivity contribution in [3.05, 3.63) is 0 Å². The lowest BCUT2D eigenvalue weighted by Crippen LogP contribution is -2.55. The van der Waals surface area contributed by atoms with Crippen LogP contribution < -0.4 is 0 Å². The summed E-state index contributed by atoms with van der Waals surface area (Å²) in [6.45, 7) is 7.75. The first kappa shape index (κ1) is 12.3. The van der Waals surface area contributed by atoms with Crippen molar-refractivity contribution in [3.63, 3.8) is 0 Å². The van der Waals surface area contributed by atoms with E-state index in [0.29, 0.717) is 12.1 Å². The first-order chi connectivity index (χ1) is 7.53. The van der Waals surface area contributed by atoms with Crippen LogP contribution >= 0.6 is 0 Å². The van der Waals surface area contributed by atoms with E-state index in [4.69, 9.17) is 0 Å². The smallest absolute Gasteiger partial charge is 0.0826 e. The van der Waals surface area contributed by atoms with Gasteiger partial charge >= 0.3 is 0 Å². The fourth-order valence-corrected chi connectivity index (χ4v) is 3.35. The summed E-state index contributed by atoms with van der Waals surface area (Å²) < 4.78 is 0. The molecule has 3 nitrogen and oxygen atoms in total. The topological polar surface area (TPSA) is 26.7 Å². The molecule has 1 atom stereocenters. The summed E-state index contributed by atoms with van der Waals surface area (Å²) in [5.41, 5.74) is -0.420. The Hall–Kier alpha value is -0.120. The largest absolute Gasteiger partial charge is 0.388 e. The van der Waals surface area contributed by atoms with Crippen molar-refractivity contribution in [2.45, 2.75) is 57.2 Å². The average molecular weight is 226 g/mol. The first-order valence-electron chi connectivity index (χ1n) is 6.69. The van der Waals surface area contributed by atoms with Crippen LogP contribution in [0.5, 0.6) is 0 Å². The molecule has 3 heteroatoms. The number of hydrogen-bond acceptors (Lipinski definition) is 3. The van der Waals surface area contributed by atoms with Gasteiger partial charge in [0.2, 0.25) is 0 Å². The normalized spacial score (nSPS) is 32.4. The molecule has 0 spiro atoms. The molecule has 2 saturated heterocycles. The van der Waals surface area contributed by atoms with E-state index >= 15 is 0 Å². The van der Waals surface area contributed by atoms with E-state index in [-0.39, 0.29) is 0 Å². The van der Waals surface area contributed by atoms with Crippen molar-refractivity contribution in [1.29, 1.82) is 0 Å². The van der Waals surface area contributed by atoms with Crippen molar-refractivity contribution < 1.29 is 5.11 Å². The molecule has 16 heavy (non-hydrogen) atoms. The molecule has 94 valence electrons. The van der Waals surface area contributed by atoms with Crippen molar-refractivity contribution in [3.8, 4) is 0 Å². The third-order valence-corrected chi connectivity index (χ3v) is 4.53. The van der Waals surface area contributed by atoms with E-state index in [9.17, 15) is 5.11 Å². The summed E-state index contributed by atoms with van der Waals surface area (Å²) in [6.07, 6.45) is 4.31. The first-order valence-corrected chi connectivity index (χ1v) is 6.69. The van der Waals surface area contributed by atoms with Crippen LogP contribution in [0, 0.1) is 0 Å². The van der Waals surface area contributed by atoms with Gasteiger partial charge in [0.05, 0.1) is 5.60 Å². The molecule has 0 saturated carbocycles. The molecule has 2 heterocycles. The highest BCUT2D eigenvalue weighted by atomic mass is 16.3. The minimum absolute atomic E-state index is 0.404. The van der Waals surface area contributed by atoms with Crippen LogP contribution in [0.25, 0.3) is 0 Å². The number of rotatable bonds is 2. The predicted molar refractivity (Wildman–Crippen MR) is 66.5 cm³/mol. The molecule has 0 aromatic carbocycles. The fourth-order valence-electron chi connectivity index (χ4n) is 3.35. The van der Waals surface area contributed by atoms with Crippen LogP contribution in [0.2, 0.25) is 0 Å². The molecule has 0 bridgehead atoms. The molecule has 1 N–H and O–H groups in total.